The van der Waals surface area contributed by atoms with Crippen LogP contribution in [0.2, 0.25) is 0 Å². The van der Waals surface area contributed by atoms with Crippen LogP contribution in [0.25, 0.3) is 0 Å². The molecule has 0 unspecified atom stereocenters. The summed E-state index contributed by atoms with van der Waals surface area (Å²) in [6.45, 7) is 2.25. The van der Waals surface area contributed by atoms with Crippen molar-refractivity contribution < 1.29 is 13.9 Å². The predicted molar refractivity (Wildman–Crippen MR) is 58.3 cm³/mol. The van der Waals surface area contributed by atoms with Crippen LogP contribution in [0.5, 0.6) is 0 Å². The highest BCUT2D eigenvalue weighted by molar-refractivity contribution is 5.91. The molecule has 0 aromatic heterocycles. The first kappa shape index (κ1) is 10.7. The maximum absolute atomic E-state index is 12.7. The van der Waals surface area contributed by atoms with E-state index in [1.54, 1.807) is 12.1 Å². The first-order valence-electron chi connectivity index (χ1n) is 5.06. The lowest BCUT2D eigenvalue weighted by atomic mass is 10.2. The summed E-state index contributed by atoms with van der Waals surface area (Å²) < 4.78 is 17.5. The lowest BCUT2D eigenvalue weighted by molar-refractivity contribution is -0.135. The zero-order valence-corrected chi connectivity index (χ0v) is 8.92. The summed E-state index contributed by atoms with van der Waals surface area (Å²) in [6.07, 6.45) is 0.624. The van der Waals surface area contributed by atoms with Gasteiger partial charge >= 0.3 is 5.97 Å². The summed E-state index contributed by atoms with van der Waals surface area (Å²) in [5.41, 5.74) is 2.17. The molecule has 2 rings (SSSR count). The van der Waals surface area contributed by atoms with Crippen molar-refractivity contribution in [2.24, 2.45) is 0 Å². The quantitative estimate of drug-likeness (QED) is 0.615. The summed E-state index contributed by atoms with van der Waals surface area (Å²) in [4.78, 5) is 11.3. The monoisotopic (exact) mass is 221 g/mol. The van der Waals surface area contributed by atoms with Gasteiger partial charge in [-0.3, -0.25) is 0 Å². The fourth-order valence-corrected chi connectivity index (χ4v) is 1.60. The molecule has 3 nitrogen and oxygen atoms in total. The molecule has 1 saturated heterocycles. The molecule has 1 aromatic rings. The van der Waals surface area contributed by atoms with Gasteiger partial charge in [-0.05, 0) is 31.2 Å². The number of halogens is 1. The summed E-state index contributed by atoms with van der Waals surface area (Å²) >= 11 is 0. The van der Waals surface area contributed by atoms with Crippen LogP contribution in [-0.4, -0.2) is 12.6 Å². The molecule has 1 aliphatic rings. The van der Waals surface area contributed by atoms with E-state index in [9.17, 15) is 9.18 Å². The van der Waals surface area contributed by atoms with E-state index in [0.717, 1.165) is 11.4 Å². The van der Waals surface area contributed by atoms with Crippen molar-refractivity contribution in [3.63, 3.8) is 0 Å². The number of carbonyl (C=O) groups excluding carboxylic acids is 1. The molecule has 84 valence electrons. The zero-order valence-electron chi connectivity index (χ0n) is 8.92. The SMILES string of the molecule is C/C(Nc1ccc(F)cc1)=C1/CCOC1=O. The summed E-state index contributed by atoms with van der Waals surface area (Å²) in [7, 11) is 0. The normalized spacial score (nSPS) is 18.2. The number of anilines is 1. The van der Waals surface area contributed by atoms with E-state index in [1.807, 2.05) is 6.92 Å². The van der Waals surface area contributed by atoms with Gasteiger partial charge in [-0.1, -0.05) is 0 Å². The second kappa shape index (κ2) is 4.35. The summed E-state index contributed by atoms with van der Waals surface area (Å²) in [5.74, 6) is -0.553. The van der Waals surface area contributed by atoms with Crippen LogP contribution in [0.1, 0.15) is 13.3 Å². The average Bonchev–Trinajstić information content (AvgIpc) is 2.68. The minimum absolute atomic E-state index is 0.271. The molecule has 1 fully saturated rings. The number of esters is 1. The minimum Gasteiger partial charge on any atom is -0.462 e. The standard InChI is InChI=1S/C12H12FNO2/c1-8(11-6-7-16-12(11)15)14-10-4-2-9(13)3-5-10/h2-5,14H,6-7H2,1H3/b11-8+. The van der Waals surface area contributed by atoms with Crippen LogP contribution in [0.4, 0.5) is 10.1 Å². The molecule has 1 aromatic carbocycles. The van der Waals surface area contributed by atoms with E-state index in [2.05, 4.69) is 5.32 Å². The Morgan fingerprint density at radius 1 is 1.38 bits per heavy atom. The molecule has 16 heavy (non-hydrogen) atoms. The highest BCUT2D eigenvalue weighted by Crippen LogP contribution is 2.19. The number of benzene rings is 1. The Balaban J connectivity index is 2.15. The molecule has 0 bridgehead atoms. The van der Waals surface area contributed by atoms with E-state index >= 15 is 0 Å². The molecule has 1 aliphatic heterocycles. The van der Waals surface area contributed by atoms with Crippen molar-refractivity contribution >= 4 is 11.7 Å². The number of nitrogens with one attached hydrogen (secondary N) is 1. The largest absolute Gasteiger partial charge is 0.462 e. The van der Waals surface area contributed by atoms with E-state index in [-0.39, 0.29) is 11.8 Å². The van der Waals surface area contributed by atoms with Gasteiger partial charge in [0, 0.05) is 17.8 Å². The highest BCUT2D eigenvalue weighted by atomic mass is 19.1. The number of hydrogen-bond donors (Lipinski definition) is 1. The Morgan fingerprint density at radius 2 is 2.06 bits per heavy atom. The summed E-state index contributed by atoms with van der Waals surface area (Å²) in [6, 6.07) is 5.99. The van der Waals surface area contributed by atoms with E-state index in [4.69, 9.17) is 4.74 Å². The van der Waals surface area contributed by atoms with Gasteiger partial charge < -0.3 is 10.1 Å². The fourth-order valence-electron chi connectivity index (χ4n) is 1.60. The third kappa shape index (κ3) is 2.21. The molecule has 0 spiro atoms. The van der Waals surface area contributed by atoms with Gasteiger partial charge in [-0.25, -0.2) is 9.18 Å². The van der Waals surface area contributed by atoms with Crippen molar-refractivity contribution in [1.29, 1.82) is 0 Å². The van der Waals surface area contributed by atoms with Gasteiger partial charge in [-0.2, -0.15) is 0 Å². The molecule has 0 aliphatic carbocycles. The molecule has 0 saturated carbocycles. The van der Waals surface area contributed by atoms with Crippen molar-refractivity contribution in [3.8, 4) is 0 Å². The van der Waals surface area contributed by atoms with E-state index in [1.165, 1.54) is 12.1 Å². The average molecular weight is 221 g/mol. The first-order chi connectivity index (χ1) is 7.66. The Hall–Kier alpha value is -1.84. The van der Waals surface area contributed by atoms with Crippen LogP contribution in [0.15, 0.2) is 35.5 Å². The van der Waals surface area contributed by atoms with Gasteiger partial charge in [0.25, 0.3) is 0 Å². The first-order valence-corrected chi connectivity index (χ1v) is 5.06. The fraction of sp³-hybridized carbons (Fsp3) is 0.250. The Kier molecular flexibility index (Phi) is 2.90. The predicted octanol–water partition coefficient (Wildman–Crippen LogP) is 2.46. The molecule has 0 radical (unpaired) electrons. The van der Waals surface area contributed by atoms with E-state index in [0.29, 0.717) is 18.6 Å². The molecular formula is C12H12FNO2. The van der Waals surface area contributed by atoms with Gasteiger partial charge in [0.2, 0.25) is 0 Å². The minimum atomic E-state index is -0.281. The van der Waals surface area contributed by atoms with Gasteiger partial charge in [0.15, 0.2) is 0 Å². The third-order valence-corrected chi connectivity index (χ3v) is 2.46. The van der Waals surface area contributed by atoms with E-state index < -0.39 is 0 Å². The van der Waals surface area contributed by atoms with Crippen LogP contribution in [0, 0.1) is 5.82 Å². The van der Waals surface area contributed by atoms with Crippen molar-refractivity contribution in [1.82, 2.24) is 0 Å². The number of cyclic esters (lactones) is 1. The zero-order chi connectivity index (χ0) is 11.5. The topological polar surface area (TPSA) is 38.3 Å². The maximum atomic E-state index is 12.7. The van der Waals surface area contributed by atoms with Gasteiger partial charge in [-0.15, -0.1) is 0 Å². The number of allylic oxidation sites excluding steroid dienone is 1. The number of carbonyl (C=O) groups is 1. The maximum Gasteiger partial charge on any atom is 0.335 e. The number of ether oxygens (including phenoxy) is 1. The summed E-state index contributed by atoms with van der Waals surface area (Å²) in [5, 5.41) is 3.05. The van der Waals surface area contributed by atoms with Crippen LogP contribution >= 0.6 is 0 Å². The lowest BCUT2D eigenvalue weighted by Crippen LogP contribution is -2.04. The van der Waals surface area contributed by atoms with Crippen LogP contribution < -0.4 is 5.32 Å². The molecular weight excluding hydrogens is 209 g/mol. The van der Waals surface area contributed by atoms with Crippen molar-refractivity contribution in [2.45, 2.75) is 13.3 Å². The van der Waals surface area contributed by atoms with Gasteiger partial charge in [0.1, 0.15) is 5.82 Å². The van der Waals surface area contributed by atoms with Crippen molar-refractivity contribution in [3.05, 3.63) is 41.4 Å². The molecule has 4 heteroatoms. The van der Waals surface area contributed by atoms with Gasteiger partial charge in [0.05, 0.1) is 12.2 Å². The Bertz CT molecular complexity index is 437. The smallest absolute Gasteiger partial charge is 0.335 e. The van der Waals surface area contributed by atoms with Crippen LogP contribution in [-0.2, 0) is 9.53 Å². The molecule has 0 atom stereocenters. The third-order valence-electron chi connectivity index (χ3n) is 2.46. The Morgan fingerprint density at radius 3 is 2.62 bits per heavy atom. The Labute approximate surface area is 92.9 Å². The van der Waals surface area contributed by atoms with Crippen LogP contribution in [0.3, 0.4) is 0 Å². The second-order valence-corrected chi connectivity index (χ2v) is 3.62. The second-order valence-electron chi connectivity index (χ2n) is 3.62. The van der Waals surface area contributed by atoms with Crippen molar-refractivity contribution in [2.75, 3.05) is 11.9 Å². The molecule has 1 N–H and O–H groups in total. The molecule has 0 amide bonds. The highest BCUT2D eigenvalue weighted by Gasteiger charge is 2.21. The number of hydrogen-bond acceptors (Lipinski definition) is 3. The number of rotatable bonds is 2. The molecule has 1 heterocycles. The lowest BCUT2D eigenvalue weighted by Gasteiger charge is -2.07.